The zero-order chi connectivity index (χ0) is 15.2. The first kappa shape index (κ1) is 16.4. The molecule has 0 aromatic carbocycles. The lowest BCUT2D eigenvalue weighted by Gasteiger charge is -2.24. The highest BCUT2D eigenvalue weighted by molar-refractivity contribution is 7.99. The number of thioether (sulfide) groups is 1. The molecule has 21 heavy (non-hydrogen) atoms. The SMILES string of the molecule is CCSC1CCC(N(C)C(=O)CNC(=O)c2ccsc2)C1. The molecule has 1 fully saturated rings. The second-order valence-electron chi connectivity index (χ2n) is 5.24. The highest BCUT2D eigenvalue weighted by atomic mass is 32.2. The lowest BCUT2D eigenvalue weighted by Crippen LogP contribution is -2.42. The van der Waals surface area contributed by atoms with Gasteiger partial charge in [0, 0.05) is 29.3 Å². The third kappa shape index (κ3) is 4.48. The Hall–Kier alpha value is -1.01. The summed E-state index contributed by atoms with van der Waals surface area (Å²) < 4.78 is 0. The summed E-state index contributed by atoms with van der Waals surface area (Å²) in [6.45, 7) is 2.25. The Morgan fingerprint density at radius 1 is 1.48 bits per heavy atom. The maximum absolute atomic E-state index is 12.2. The van der Waals surface area contributed by atoms with Crippen LogP contribution in [0.15, 0.2) is 16.8 Å². The predicted octanol–water partition coefficient (Wildman–Crippen LogP) is 2.61. The Morgan fingerprint density at radius 2 is 2.29 bits per heavy atom. The number of carbonyl (C=O) groups excluding carboxylic acids is 2. The van der Waals surface area contributed by atoms with Crippen LogP contribution in [0.25, 0.3) is 0 Å². The first-order chi connectivity index (χ1) is 10.1. The largest absolute Gasteiger partial charge is 0.343 e. The lowest BCUT2D eigenvalue weighted by atomic mass is 10.2. The number of nitrogens with one attached hydrogen (secondary N) is 1. The average Bonchev–Trinajstić information content (AvgIpc) is 3.15. The number of amides is 2. The Kier molecular flexibility index (Phi) is 6.11. The van der Waals surface area contributed by atoms with Gasteiger partial charge in [-0.3, -0.25) is 9.59 Å². The normalized spacial score (nSPS) is 21.2. The molecule has 1 aliphatic rings. The van der Waals surface area contributed by atoms with Crippen LogP contribution < -0.4 is 5.32 Å². The number of rotatable bonds is 6. The molecule has 0 aliphatic heterocycles. The van der Waals surface area contributed by atoms with Gasteiger partial charge in [-0.2, -0.15) is 23.1 Å². The van der Waals surface area contributed by atoms with Crippen LogP contribution in [0.5, 0.6) is 0 Å². The molecule has 116 valence electrons. The first-order valence-electron chi connectivity index (χ1n) is 7.29. The minimum Gasteiger partial charge on any atom is -0.343 e. The fraction of sp³-hybridized carbons (Fsp3) is 0.600. The van der Waals surface area contributed by atoms with Crippen LogP contribution in [0, 0.1) is 0 Å². The molecular formula is C15H22N2O2S2. The Morgan fingerprint density at radius 3 is 2.95 bits per heavy atom. The van der Waals surface area contributed by atoms with Crippen LogP contribution in [0.2, 0.25) is 0 Å². The molecule has 0 saturated heterocycles. The van der Waals surface area contributed by atoms with Gasteiger partial charge in [-0.25, -0.2) is 0 Å². The molecule has 1 aromatic heterocycles. The van der Waals surface area contributed by atoms with Gasteiger partial charge in [0.05, 0.1) is 6.54 Å². The van der Waals surface area contributed by atoms with E-state index in [0.717, 1.165) is 18.6 Å². The van der Waals surface area contributed by atoms with Crippen molar-refractivity contribution in [1.82, 2.24) is 10.2 Å². The van der Waals surface area contributed by atoms with E-state index >= 15 is 0 Å². The van der Waals surface area contributed by atoms with Crippen molar-refractivity contribution in [3.05, 3.63) is 22.4 Å². The van der Waals surface area contributed by atoms with Gasteiger partial charge >= 0.3 is 0 Å². The molecule has 1 aliphatic carbocycles. The lowest BCUT2D eigenvalue weighted by molar-refractivity contribution is -0.130. The van der Waals surface area contributed by atoms with E-state index in [-0.39, 0.29) is 18.4 Å². The highest BCUT2D eigenvalue weighted by Crippen LogP contribution is 2.32. The van der Waals surface area contributed by atoms with Gasteiger partial charge in [-0.1, -0.05) is 6.92 Å². The van der Waals surface area contributed by atoms with Crippen molar-refractivity contribution in [2.75, 3.05) is 19.3 Å². The Bertz CT molecular complexity index is 476. The molecule has 6 heteroatoms. The summed E-state index contributed by atoms with van der Waals surface area (Å²) in [4.78, 5) is 25.8. The maximum atomic E-state index is 12.2. The standard InChI is InChI=1S/C15H22N2O2S2/c1-3-21-13-5-4-12(8-13)17(2)14(18)9-16-15(19)11-6-7-20-10-11/h6-7,10,12-13H,3-5,8-9H2,1-2H3,(H,16,19). The molecule has 1 saturated carbocycles. The summed E-state index contributed by atoms with van der Waals surface area (Å²) in [5.74, 6) is 0.945. The zero-order valence-corrected chi connectivity index (χ0v) is 14.1. The second kappa shape index (κ2) is 7.84. The minimum atomic E-state index is -0.177. The molecule has 0 bridgehead atoms. The molecule has 2 atom stereocenters. The summed E-state index contributed by atoms with van der Waals surface area (Å²) in [5.41, 5.74) is 0.621. The van der Waals surface area contributed by atoms with E-state index < -0.39 is 0 Å². The van der Waals surface area contributed by atoms with E-state index in [4.69, 9.17) is 0 Å². The predicted molar refractivity (Wildman–Crippen MR) is 89.0 cm³/mol. The molecule has 2 amide bonds. The Balaban J connectivity index is 1.77. The number of hydrogen-bond acceptors (Lipinski definition) is 4. The fourth-order valence-corrected chi connectivity index (χ4v) is 4.40. The van der Waals surface area contributed by atoms with Crippen LogP contribution in [0.3, 0.4) is 0 Å². The van der Waals surface area contributed by atoms with E-state index in [1.54, 1.807) is 11.4 Å². The fourth-order valence-electron chi connectivity index (χ4n) is 2.64. The average molecular weight is 326 g/mol. The van der Waals surface area contributed by atoms with E-state index in [1.807, 2.05) is 29.1 Å². The van der Waals surface area contributed by atoms with Crippen molar-refractivity contribution in [3.8, 4) is 0 Å². The molecule has 1 aromatic rings. The van der Waals surface area contributed by atoms with E-state index in [1.165, 1.54) is 17.8 Å². The molecular weight excluding hydrogens is 304 g/mol. The summed E-state index contributed by atoms with van der Waals surface area (Å²) in [5, 5.41) is 7.01. The van der Waals surface area contributed by atoms with E-state index in [9.17, 15) is 9.59 Å². The van der Waals surface area contributed by atoms with Gasteiger partial charge in [-0.05, 0) is 36.5 Å². The van der Waals surface area contributed by atoms with Crippen molar-refractivity contribution >= 4 is 34.9 Å². The molecule has 2 rings (SSSR count). The smallest absolute Gasteiger partial charge is 0.252 e. The van der Waals surface area contributed by atoms with Gasteiger partial charge in [0.25, 0.3) is 5.91 Å². The highest BCUT2D eigenvalue weighted by Gasteiger charge is 2.29. The monoisotopic (exact) mass is 326 g/mol. The van der Waals surface area contributed by atoms with E-state index in [0.29, 0.717) is 16.9 Å². The molecule has 1 N–H and O–H groups in total. The van der Waals surface area contributed by atoms with Crippen molar-refractivity contribution < 1.29 is 9.59 Å². The Labute approximate surface area is 134 Å². The number of hydrogen-bond donors (Lipinski definition) is 1. The number of likely N-dealkylation sites (N-methyl/N-ethyl adjacent to an activating group) is 1. The summed E-state index contributed by atoms with van der Waals surface area (Å²) in [7, 11) is 1.85. The van der Waals surface area contributed by atoms with Gasteiger partial charge < -0.3 is 10.2 Å². The zero-order valence-electron chi connectivity index (χ0n) is 12.5. The van der Waals surface area contributed by atoms with Crippen molar-refractivity contribution in [1.29, 1.82) is 0 Å². The van der Waals surface area contributed by atoms with Crippen LogP contribution in [-0.4, -0.2) is 47.4 Å². The van der Waals surface area contributed by atoms with Gasteiger partial charge in [0.1, 0.15) is 0 Å². The second-order valence-corrected chi connectivity index (χ2v) is 7.60. The minimum absolute atomic E-state index is 0.00859. The van der Waals surface area contributed by atoms with Crippen LogP contribution in [0.4, 0.5) is 0 Å². The third-order valence-corrected chi connectivity index (χ3v) is 5.80. The van der Waals surface area contributed by atoms with Crippen molar-refractivity contribution in [2.24, 2.45) is 0 Å². The van der Waals surface area contributed by atoms with Crippen molar-refractivity contribution in [3.63, 3.8) is 0 Å². The van der Waals surface area contributed by atoms with Crippen LogP contribution >= 0.6 is 23.1 Å². The maximum Gasteiger partial charge on any atom is 0.252 e. The first-order valence-corrected chi connectivity index (χ1v) is 9.28. The van der Waals surface area contributed by atoms with Crippen molar-refractivity contribution in [2.45, 2.75) is 37.5 Å². The van der Waals surface area contributed by atoms with Gasteiger partial charge in [0.2, 0.25) is 5.91 Å². The van der Waals surface area contributed by atoms with E-state index in [2.05, 4.69) is 12.2 Å². The molecule has 1 heterocycles. The molecule has 0 spiro atoms. The van der Waals surface area contributed by atoms with Gasteiger partial charge in [-0.15, -0.1) is 0 Å². The van der Waals surface area contributed by atoms with Crippen LogP contribution in [0.1, 0.15) is 36.5 Å². The summed E-state index contributed by atoms with van der Waals surface area (Å²) >= 11 is 3.46. The van der Waals surface area contributed by atoms with Crippen LogP contribution in [-0.2, 0) is 4.79 Å². The molecule has 2 unspecified atom stereocenters. The van der Waals surface area contributed by atoms with Gasteiger partial charge in [0.15, 0.2) is 0 Å². The third-order valence-electron chi connectivity index (χ3n) is 3.88. The number of carbonyl (C=O) groups is 2. The number of nitrogens with zero attached hydrogens (tertiary/aromatic N) is 1. The molecule has 4 nitrogen and oxygen atoms in total. The number of thiophene rings is 1. The quantitative estimate of drug-likeness (QED) is 0.874. The summed E-state index contributed by atoms with van der Waals surface area (Å²) in [6, 6.07) is 2.08. The topological polar surface area (TPSA) is 49.4 Å². The molecule has 0 radical (unpaired) electrons. The summed E-state index contributed by atoms with van der Waals surface area (Å²) in [6.07, 6.45) is 3.32.